The lowest BCUT2D eigenvalue weighted by molar-refractivity contribution is -0.128. The molecular weight excluding hydrogens is 292 g/mol. The maximum atomic E-state index is 11.8. The molecule has 2 aliphatic heterocycles. The Kier molecular flexibility index (Phi) is 4.06. The molecule has 1 amide bonds. The zero-order chi connectivity index (χ0) is 14.9. The van der Waals surface area contributed by atoms with Crippen LogP contribution in [0.4, 0.5) is 11.4 Å². The lowest BCUT2D eigenvalue weighted by atomic mass is 9.87. The molecule has 2 heterocycles. The van der Waals surface area contributed by atoms with Crippen LogP contribution in [0.1, 0.15) is 12.8 Å². The van der Waals surface area contributed by atoms with Gasteiger partial charge < -0.3 is 20.1 Å². The first kappa shape index (κ1) is 14.6. The van der Waals surface area contributed by atoms with Crippen LogP contribution in [0.3, 0.4) is 0 Å². The molecule has 1 aromatic carbocycles. The van der Waals surface area contributed by atoms with Gasteiger partial charge in [0.2, 0.25) is 5.91 Å². The number of benzene rings is 1. The third kappa shape index (κ3) is 2.86. The van der Waals surface area contributed by atoms with Gasteiger partial charge in [0.05, 0.1) is 35.9 Å². The Morgan fingerprint density at radius 1 is 1.43 bits per heavy atom. The van der Waals surface area contributed by atoms with E-state index in [-0.39, 0.29) is 17.9 Å². The zero-order valence-corrected chi connectivity index (χ0v) is 12.5. The van der Waals surface area contributed by atoms with Gasteiger partial charge in [0.1, 0.15) is 0 Å². The van der Waals surface area contributed by atoms with E-state index in [9.17, 15) is 9.90 Å². The number of hydrogen-bond donors (Lipinski definition) is 2. The van der Waals surface area contributed by atoms with Crippen molar-refractivity contribution in [3.63, 3.8) is 0 Å². The fraction of sp³-hybridized carbons (Fsp3) is 0.533. The summed E-state index contributed by atoms with van der Waals surface area (Å²) in [5, 5.41) is 13.3. The van der Waals surface area contributed by atoms with Crippen LogP contribution in [0.15, 0.2) is 18.2 Å². The molecule has 0 saturated carbocycles. The summed E-state index contributed by atoms with van der Waals surface area (Å²) in [6.45, 7) is 2.55. The Bertz CT molecular complexity index is 540. The second kappa shape index (κ2) is 5.83. The molecule has 2 saturated heterocycles. The van der Waals surface area contributed by atoms with Gasteiger partial charge in [-0.25, -0.2) is 0 Å². The monoisotopic (exact) mass is 310 g/mol. The third-order valence-corrected chi connectivity index (χ3v) is 4.47. The van der Waals surface area contributed by atoms with Crippen LogP contribution in [0.25, 0.3) is 0 Å². The van der Waals surface area contributed by atoms with Gasteiger partial charge >= 0.3 is 0 Å². The number of aliphatic hydroxyl groups excluding tert-OH is 1. The van der Waals surface area contributed by atoms with E-state index in [0.717, 1.165) is 24.3 Å². The number of rotatable bonds is 5. The van der Waals surface area contributed by atoms with Crippen molar-refractivity contribution in [2.75, 3.05) is 43.1 Å². The zero-order valence-electron chi connectivity index (χ0n) is 11.8. The maximum absolute atomic E-state index is 11.8. The number of anilines is 2. The van der Waals surface area contributed by atoms with Crippen molar-refractivity contribution in [3.05, 3.63) is 23.2 Å². The van der Waals surface area contributed by atoms with Gasteiger partial charge in [-0.1, -0.05) is 11.6 Å². The van der Waals surface area contributed by atoms with E-state index in [1.54, 1.807) is 11.0 Å². The number of halogens is 1. The van der Waals surface area contributed by atoms with Crippen molar-refractivity contribution in [2.24, 2.45) is 5.41 Å². The summed E-state index contributed by atoms with van der Waals surface area (Å²) in [6, 6.07) is 5.56. The molecule has 21 heavy (non-hydrogen) atoms. The smallest absolute Gasteiger partial charge is 0.227 e. The Balaban J connectivity index is 1.73. The fourth-order valence-electron chi connectivity index (χ4n) is 2.66. The van der Waals surface area contributed by atoms with Crippen LogP contribution >= 0.6 is 11.6 Å². The first-order valence-electron chi connectivity index (χ1n) is 7.16. The van der Waals surface area contributed by atoms with Crippen LogP contribution in [-0.4, -0.2) is 43.9 Å². The Labute approximate surface area is 128 Å². The second-order valence-electron chi connectivity index (χ2n) is 5.82. The number of carbonyl (C=O) groups excluding carboxylic acids is 1. The van der Waals surface area contributed by atoms with Gasteiger partial charge in [-0.05, 0) is 24.6 Å². The molecule has 3 rings (SSSR count). The minimum Gasteiger partial charge on any atom is -0.396 e. The molecule has 0 radical (unpaired) electrons. The van der Waals surface area contributed by atoms with Crippen LogP contribution < -0.4 is 10.2 Å². The second-order valence-corrected chi connectivity index (χ2v) is 6.22. The third-order valence-electron chi connectivity index (χ3n) is 4.14. The predicted octanol–water partition coefficient (Wildman–Crippen LogP) is 1.89. The average Bonchev–Trinajstić information content (AvgIpc) is 2.86. The van der Waals surface area contributed by atoms with Crippen LogP contribution in [0.5, 0.6) is 0 Å². The summed E-state index contributed by atoms with van der Waals surface area (Å²) in [5.74, 6) is 0.155. The molecule has 0 atom stereocenters. The minimum absolute atomic E-state index is 0.0852. The van der Waals surface area contributed by atoms with Crippen molar-refractivity contribution in [1.82, 2.24) is 0 Å². The number of aliphatic hydroxyl groups is 1. The van der Waals surface area contributed by atoms with E-state index in [0.29, 0.717) is 31.2 Å². The largest absolute Gasteiger partial charge is 0.396 e. The highest BCUT2D eigenvalue weighted by Crippen LogP contribution is 2.32. The van der Waals surface area contributed by atoms with Crippen molar-refractivity contribution >= 4 is 28.9 Å². The number of ether oxygens (including phenoxy) is 1. The van der Waals surface area contributed by atoms with E-state index >= 15 is 0 Å². The SMILES string of the molecule is O=C1CCCN1c1ccc(Cl)c(NCC2(CO)COC2)c1. The van der Waals surface area contributed by atoms with E-state index < -0.39 is 0 Å². The molecule has 0 unspecified atom stereocenters. The van der Waals surface area contributed by atoms with Crippen molar-refractivity contribution in [3.8, 4) is 0 Å². The lowest BCUT2D eigenvalue weighted by Gasteiger charge is -2.40. The minimum atomic E-state index is -0.219. The van der Waals surface area contributed by atoms with Crippen molar-refractivity contribution in [1.29, 1.82) is 0 Å². The fourth-order valence-corrected chi connectivity index (χ4v) is 2.84. The molecule has 2 aliphatic rings. The highest BCUT2D eigenvalue weighted by Gasteiger charge is 2.38. The van der Waals surface area contributed by atoms with Gasteiger partial charge in [-0.15, -0.1) is 0 Å². The standard InChI is InChI=1S/C15H19ClN2O3/c16-12-4-3-11(18-5-1-2-14(18)20)6-13(12)17-7-15(8-19)9-21-10-15/h3-4,6,17,19H,1-2,5,7-10H2. The molecule has 2 N–H and O–H groups in total. The Hall–Kier alpha value is -1.30. The summed E-state index contributed by atoms with van der Waals surface area (Å²) in [7, 11) is 0. The normalized spacial score (nSPS) is 20.5. The van der Waals surface area contributed by atoms with Gasteiger partial charge in [0.25, 0.3) is 0 Å². The molecule has 5 nitrogen and oxygen atoms in total. The molecule has 0 aromatic heterocycles. The Morgan fingerprint density at radius 3 is 2.81 bits per heavy atom. The van der Waals surface area contributed by atoms with E-state index in [1.807, 2.05) is 12.1 Å². The number of hydrogen-bond acceptors (Lipinski definition) is 4. The highest BCUT2D eigenvalue weighted by molar-refractivity contribution is 6.33. The van der Waals surface area contributed by atoms with E-state index in [2.05, 4.69) is 5.32 Å². The molecule has 0 bridgehead atoms. The van der Waals surface area contributed by atoms with Gasteiger partial charge in [0, 0.05) is 25.2 Å². The highest BCUT2D eigenvalue weighted by atomic mass is 35.5. The molecule has 114 valence electrons. The summed E-state index contributed by atoms with van der Waals surface area (Å²) < 4.78 is 5.18. The molecule has 0 spiro atoms. The van der Waals surface area contributed by atoms with Gasteiger partial charge in [-0.2, -0.15) is 0 Å². The number of nitrogens with one attached hydrogen (secondary N) is 1. The van der Waals surface area contributed by atoms with Crippen LogP contribution in [0, 0.1) is 5.41 Å². The Morgan fingerprint density at radius 2 is 2.24 bits per heavy atom. The van der Waals surface area contributed by atoms with Gasteiger partial charge in [-0.3, -0.25) is 4.79 Å². The first-order valence-corrected chi connectivity index (χ1v) is 7.54. The summed E-state index contributed by atoms with van der Waals surface area (Å²) in [6.07, 6.45) is 1.51. The van der Waals surface area contributed by atoms with Crippen LogP contribution in [-0.2, 0) is 9.53 Å². The van der Waals surface area contributed by atoms with Crippen molar-refractivity contribution < 1.29 is 14.6 Å². The molecule has 1 aromatic rings. The predicted molar refractivity (Wildman–Crippen MR) is 81.9 cm³/mol. The van der Waals surface area contributed by atoms with Crippen molar-refractivity contribution in [2.45, 2.75) is 12.8 Å². The molecule has 6 heteroatoms. The number of amides is 1. The summed E-state index contributed by atoms with van der Waals surface area (Å²) >= 11 is 6.21. The lowest BCUT2D eigenvalue weighted by Crippen LogP contribution is -2.50. The molecule has 0 aliphatic carbocycles. The van der Waals surface area contributed by atoms with E-state index in [1.165, 1.54) is 0 Å². The first-order chi connectivity index (χ1) is 10.1. The molecular formula is C15H19ClN2O3. The maximum Gasteiger partial charge on any atom is 0.227 e. The average molecular weight is 311 g/mol. The van der Waals surface area contributed by atoms with Gasteiger partial charge in [0.15, 0.2) is 0 Å². The quantitative estimate of drug-likeness (QED) is 0.872. The van der Waals surface area contributed by atoms with E-state index in [4.69, 9.17) is 16.3 Å². The number of nitrogens with zero attached hydrogens (tertiary/aromatic N) is 1. The number of carbonyl (C=O) groups is 1. The van der Waals surface area contributed by atoms with Crippen LogP contribution in [0.2, 0.25) is 5.02 Å². The molecule has 2 fully saturated rings. The summed E-state index contributed by atoms with van der Waals surface area (Å²) in [5.41, 5.74) is 1.43. The topological polar surface area (TPSA) is 61.8 Å². The summed E-state index contributed by atoms with van der Waals surface area (Å²) in [4.78, 5) is 13.6.